The van der Waals surface area contributed by atoms with Gasteiger partial charge in [0.05, 0.1) is 5.56 Å². The highest BCUT2D eigenvalue weighted by atomic mass is 16.2. The molecule has 0 bridgehead atoms. The monoisotopic (exact) mass is 349 g/mol. The van der Waals surface area contributed by atoms with E-state index in [1.165, 1.54) is 0 Å². The number of benzene rings is 1. The molecule has 3 amide bonds. The van der Waals surface area contributed by atoms with Gasteiger partial charge in [-0.3, -0.25) is 9.78 Å². The van der Waals surface area contributed by atoms with Crippen molar-refractivity contribution >= 4 is 17.6 Å². The van der Waals surface area contributed by atoms with Gasteiger partial charge in [0.15, 0.2) is 0 Å². The predicted octanol–water partition coefficient (Wildman–Crippen LogP) is 2.66. The number of urea groups is 1. The molecule has 0 aliphatic rings. The van der Waals surface area contributed by atoms with Crippen LogP contribution in [0.25, 0.3) is 0 Å². The number of H-pyrrole nitrogens is 1. The van der Waals surface area contributed by atoms with Crippen LogP contribution >= 0.6 is 0 Å². The van der Waals surface area contributed by atoms with Crippen LogP contribution in [0.4, 0.5) is 10.5 Å². The van der Waals surface area contributed by atoms with E-state index >= 15 is 0 Å². The van der Waals surface area contributed by atoms with E-state index in [0.717, 1.165) is 11.1 Å². The Morgan fingerprint density at radius 1 is 0.962 bits per heavy atom. The molecule has 3 aromatic rings. The van der Waals surface area contributed by atoms with Gasteiger partial charge in [-0.2, -0.15) is 0 Å². The zero-order valence-corrected chi connectivity index (χ0v) is 14.0. The summed E-state index contributed by atoms with van der Waals surface area (Å²) in [6, 6.07) is 12.4. The Morgan fingerprint density at radius 3 is 2.54 bits per heavy atom. The van der Waals surface area contributed by atoms with Gasteiger partial charge in [-0.05, 0) is 41.5 Å². The largest absolute Gasteiger partial charge is 0.367 e. The minimum absolute atomic E-state index is 0.153. The molecule has 0 aliphatic heterocycles. The van der Waals surface area contributed by atoms with E-state index in [1.807, 2.05) is 30.3 Å². The van der Waals surface area contributed by atoms with E-state index in [1.54, 1.807) is 36.9 Å². The van der Waals surface area contributed by atoms with Crippen LogP contribution in [0.2, 0.25) is 0 Å². The molecule has 1 aromatic carbocycles. The number of nitrogens with one attached hydrogen (secondary N) is 4. The van der Waals surface area contributed by atoms with Gasteiger partial charge in [0.25, 0.3) is 5.91 Å². The molecule has 3 rings (SSSR count). The molecule has 0 saturated heterocycles. The van der Waals surface area contributed by atoms with Gasteiger partial charge in [0.1, 0.15) is 0 Å². The van der Waals surface area contributed by atoms with E-state index in [9.17, 15) is 9.59 Å². The summed E-state index contributed by atoms with van der Waals surface area (Å²) in [5.41, 5.74) is 3.09. The number of rotatable bonds is 6. The molecule has 4 N–H and O–H groups in total. The number of pyridine rings is 1. The summed E-state index contributed by atoms with van der Waals surface area (Å²) in [4.78, 5) is 30.7. The Labute approximate surface area is 150 Å². The van der Waals surface area contributed by atoms with Crippen molar-refractivity contribution in [3.63, 3.8) is 0 Å². The third-order valence-electron chi connectivity index (χ3n) is 3.70. The van der Waals surface area contributed by atoms with Crippen molar-refractivity contribution < 1.29 is 9.59 Å². The highest BCUT2D eigenvalue weighted by Crippen LogP contribution is 2.11. The van der Waals surface area contributed by atoms with Gasteiger partial charge >= 0.3 is 6.03 Å². The lowest BCUT2D eigenvalue weighted by molar-refractivity contribution is 0.0951. The first-order valence-corrected chi connectivity index (χ1v) is 8.14. The van der Waals surface area contributed by atoms with Crippen LogP contribution in [0.5, 0.6) is 0 Å². The lowest BCUT2D eigenvalue weighted by atomic mass is 10.2. The SMILES string of the molecule is O=C(NCc1ccncc1)Nc1cccc(CNC(=O)c2cc[nH]c2)c1. The third-order valence-corrected chi connectivity index (χ3v) is 3.70. The first-order chi connectivity index (χ1) is 12.7. The normalized spacial score (nSPS) is 10.2. The van der Waals surface area contributed by atoms with Gasteiger partial charge in [0.2, 0.25) is 0 Å². The summed E-state index contributed by atoms with van der Waals surface area (Å²) in [5.74, 6) is -0.153. The van der Waals surface area contributed by atoms with Crippen LogP contribution < -0.4 is 16.0 Å². The fraction of sp³-hybridized carbons (Fsp3) is 0.105. The smallest absolute Gasteiger partial charge is 0.319 e. The van der Waals surface area contributed by atoms with Gasteiger partial charge in [-0.1, -0.05) is 12.1 Å². The van der Waals surface area contributed by atoms with E-state index < -0.39 is 0 Å². The Morgan fingerprint density at radius 2 is 1.77 bits per heavy atom. The van der Waals surface area contributed by atoms with Crippen molar-refractivity contribution in [1.29, 1.82) is 0 Å². The zero-order chi connectivity index (χ0) is 18.2. The molecule has 0 unspecified atom stereocenters. The Bertz CT molecular complexity index is 863. The summed E-state index contributed by atoms with van der Waals surface area (Å²) in [6.07, 6.45) is 6.70. The van der Waals surface area contributed by atoms with Crippen molar-refractivity contribution in [2.45, 2.75) is 13.1 Å². The molecule has 2 aromatic heterocycles. The minimum Gasteiger partial charge on any atom is -0.367 e. The zero-order valence-electron chi connectivity index (χ0n) is 14.0. The lowest BCUT2D eigenvalue weighted by Gasteiger charge is -2.10. The second-order valence-corrected chi connectivity index (χ2v) is 5.65. The molecule has 7 nitrogen and oxygen atoms in total. The molecule has 2 heterocycles. The Balaban J connectivity index is 1.50. The maximum Gasteiger partial charge on any atom is 0.319 e. The molecule has 0 saturated carbocycles. The van der Waals surface area contributed by atoms with Crippen molar-refractivity contribution in [2.75, 3.05) is 5.32 Å². The number of aromatic nitrogens is 2. The molecular formula is C19H19N5O2. The number of carbonyl (C=O) groups is 2. The number of anilines is 1. The van der Waals surface area contributed by atoms with Crippen LogP contribution in [-0.2, 0) is 13.1 Å². The summed E-state index contributed by atoms with van der Waals surface area (Å²) in [5, 5.41) is 8.40. The first kappa shape index (κ1) is 17.2. The quantitative estimate of drug-likeness (QED) is 0.550. The van der Waals surface area contributed by atoms with Crippen LogP contribution in [0.3, 0.4) is 0 Å². The van der Waals surface area contributed by atoms with E-state index in [2.05, 4.69) is 25.9 Å². The second kappa shape index (κ2) is 8.48. The number of hydrogen-bond donors (Lipinski definition) is 4. The topological polar surface area (TPSA) is 98.9 Å². The van der Waals surface area contributed by atoms with Gasteiger partial charge in [-0.25, -0.2) is 4.79 Å². The van der Waals surface area contributed by atoms with Crippen molar-refractivity contribution in [3.8, 4) is 0 Å². The number of nitrogens with zero attached hydrogens (tertiary/aromatic N) is 1. The van der Waals surface area contributed by atoms with Gasteiger partial charge in [-0.15, -0.1) is 0 Å². The molecule has 132 valence electrons. The van der Waals surface area contributed by atoms with Crippen LogP contribution in [0.1, 0.15) is 21.5 Å². The first-order valence-electron chi connectivity index (χ1n) is 8.14. The highest BCUT2D eigenvalue weighted by molar-refractivity contribution is 5.94. The molecule has 7 heteroatoms. The Kier molecular flexibility index (Phi) is 5.61. The average molecular weight is 349 g/mol. The third kappa shape index (κ3) is 4.94. The number of aromatic amines is 1. The average Bonchev–Trinajstić information content (AvgIpc) is 3.20. The minimum atomic E-state index is -0.296. The Hall–Kier alpha value is -3.61. The van der Waals surface area contributed by atoms with Crippen molar-refractivity contribution in [1.82, 2.24) is 20.6 Å². The molecular weight excluding hydrogens is 330 g/mol. The molecule has 0 aliphatic carbocycles. The van der Waals surface area contributed by atoms with Crippen LogP contribution in [0.15, 0.2) is 67.3 Å². The highest BCUT2D eigenvalue weighted by Gasteiger charge is 2.06. The van der Waals surface area contributed by atoms with Crippen LogP contribution in [-0.4, -0.2) is 21.9 Å². The predicted molar refractivity (Wildman–Crippen MR) is 98.5 cm³/mol. The molecule has 0 atom stereocenters. The summed E-state index contributed by atoms with van der Waals surface area (Å²) in [6.45, 7) is 0.791. The second-order valence-electron chi connectivity index (χ2n) is 5.65. The molecule has 0 radical (unpaired) electrons. The molecule has 0 spiro atoms. The van der Waals surface area contributed by atoms with E-state index in [0.29, 0.717) is 24.3 Å². The number of carbonyl (C=O) groups excluding carboxylic acids is 2. The van der Waals surface area contributed by atoms with Gasteiger partial charge in [0, 0.05) is 43.6 Å². The van der Waals surface area contributed by atoms with Crippen molar-refractivity contribution in [2.24, 2.45) is 0 Å². The fourth-order valence-electron chi connectivity index (χ4n) is 2.37. The van der Waals surface area contributed by atoms with Crippen LogP contribution in [0, 0.1) is 0 Å². The van der Waals surface area contributed by atoms with Crippen molar-refractivity contribution in [3.05, 3.63) is 83.9 Å². The maximum atomic E-state index is 12.0. The fourth-order valence-corrected chi connectivity index (χ4v) is 2.37. The summed E-state index contributed by atoms with van der Waals surface area (Å²) in [7, 11) is 0. The number of amides is 3. The van der Waals surface area contributed by atoms with E-state index in [-0.39, 0.29) is 11.9 Å². The summed E-state index contributed by atoms with van der Waals surface area (Å²) >= 11 is 0. The maximum absolute atomic E-state index is 12.0. The standard InChI is InChI=1S/C19H19N5O2/c25-18(16-6-9-21-13-16)22-12-15-2-1-3-17(10-15)24-19(26)23-11-14-4-7-20-8-5-14/h1-10,13,21H,11-12H2,(H,22,25)(H2,23,24,26). The molecule has 26 heavy (non-hydrogen) atoms. The summed E-state index contributed by atoms with van der Waals surface area (Å²) < 4.78 is 0. The number of hydrogen-bond acceptors (Lipinski definition) is 3. The van der Waals surface area contributed by atoms with E-state index in [4.69, 9.17) is 0 Å². The van der Waals surface area contributed by atoms with Gasteiger partial charge < -0.3 is 20.9 Å². The molecule has 0 fully saturated rings. The lowest BCUT2D eigenvalue weighted by Crippen LogP contribution is -2.28.